The molecule has 0 amide bonds. The van der Waals surface area contributed by atoms with Crippen LogP contribution in [-0.4, -0.2) is 0 Å². The van der Waals surface area contributed by atoms with E-state index < -0.39 is 0 Å². The van der Waals surface area contributed by atoms with Crippen LogP contribution in [0.2, 0.25) is 0 Å². The standard InChI is InChI=1S/C20H19N.C2H6/c1-3-7-19-15(2)10-11-16-14-18(12-13-20(16)19)21-17-8-5-4-6-9-17;1-2/h3-14,21H,1-2H3;1-2H3/b7-3-;. The number of para-hydroxylation sites is 1. The lowest BCUT2D eigenvalue weighted by atomic mass is 9.99. The SMILES string of the molecule is C/C=C\c1c(C)ccc2cc(Nc3ccccc3)ccc12.CC. The summed E-state index contributed by atoms with van der Waals surface area (Å²) in [6, 6.07) is 21.2. The lowest BCUT2D eigenvalue weighted by Crippen LogP contribution is -1.91. The van der Waals surface area contributed by atoms with Crippen LogP contribution in [0.3, 0.4) is 0 Å². The highest BCUT2D eigenvalue weighted by Crippen LogP contribution is 2.27. The lowest BCUT2D eigenvalue weighted by Gasteiger charge is -2.10. The van der Waals surface area contributed by atoms with Gasteiger partial charge in [-0.1, -0.05) is 62.4 Å². The Kier molecular flexibility index (Phi) is 5.99. The van der Waals surface area contributed by atoms with Gasteiger partial charge in [-0.05, 0) is 60.0 Å². The predicted octanol–water partition coefficient (Wildman–Crippen LogP) is 6.95. The number of rotatable bonds is 3. The fourth-order valence-corrected chi connectivity index (χ4v) is 2.62. The number of aryl methyl sites for hydroxylation is 1. The summed E-state index contributed by atoms with van der Waals surface area (Å²) in [4.78, 5) is 0. The van der Waals surface area contributed by atoms with Crippen LogP contribution < -0.4 is 5.32 Å². The molecule has 0 bridgehead atoms. The zero-order chi connectivity index (χ0) is 16.7. The monoisotopic (exact) mass is 303 g/mol. The minimum Gasteiger partial charge on any atom is -0.356 e. The van der Waals surface area contributed by atoms with E-state index in [4.69, 9.17) is 0 Å². The third-order valence-electron chi connectivity index (χ3n) is 3.68. The van der Waals surface area contributed by atoms with Gasteiger partial charge in [-0.15, -0.1) is 0 Å². The first-order chi connectivity index (χ1) is 11.3. The third kappa shape index (κ3) is 4.01. The minimum absolute atomic E-state index is 1.11. The molecule has 1 heteroatoms. The summed E-state index contributed by atoms with van der Waals surface area (Å²) in [6.45, 7) is 8.22. The zero-order valence-corrected chi connectivity index (χ0v) is 14.4. The van der Waals surface area contributed by atoms with Crippen molar-refractivity contribution in [1.29, 1.82) is 0 Å². The van der Waals surface area contributed by atoms with E-state index in [1.807, 2.05) is 32.0 Å². The number of allylic oxidation sites excluding steroid dienone is 1. The van der Waals surface area contributed by atoms with E-state index in [0.717, 1.165) is 11.4 Å². The van der Waals surface area contributed by atoms with Gasteiger partial charge < -0.3 is 5.32 Å². The molecule has 0 fully saturated rings. The van der Waals surface area contributed by atoms with E-state index in [9.17, 15) is 0 Å². The highest BCUT2D eigenvalue weighted by molar-refractivity contribution is 5.94. The van der Waals surface area contributed by atoms with Crippen molar-refractivity contribution in [2.24, 2.45) is 0 Å². The minimum atomic E-state index is 1.11. The van der Waals surface area contributed by atoms with Crippen molar-refractivity contribution < 1.29 is 0 Å². The Hall–Kier alpha value is -2.54. The lowest BCUT2D eigenvalue weighted by molar-refractivity contribution is 1.47. The number of anilines is 2. The maximum absolute atomic E-state index is 3.44. The van der Waals surface area contributed by atoms with Crippen molar-refractivity contribution in [1.82, 2.24) is 0 Å². The van der Waals surface area contributed by atoms with Crippen LogP contribution in [-0.2, 0) is 0 Å². The molecule has 0 heterocycles. The van der Waals surface area contributed by atoms with Gasteiger partial charge in [-0.2, -0.15) is 0 Å². The Morgan fingerprint density at radius 1 is 0.826 bits per heavy atom. The Bertz CT molecular complexity index is 786. The van der Waals surface area contributed by atoms with Gasteiger partial charge in [0.25, 0.3) is 0 Å². The maximum Gasteiger partial charge on any atom is 0.0390 e. The Labute approximate surface area is 139 Å². The third-order valence-corrected chi connectivity index (χ3v) is 3.68. The Morgan fingerprint density at radius 2 is 1.57 bits per heavy atom. The molecule has 1 N–H and O–H groups in total. The van der Waals surface area contributed by atoms with Gasteiger partial charge in [0.2, 0.25) is 0 Å². The van der Waals surface area contributed by atoms with Crippen LogP contribution in [0, 0.1) is 6.92 Å². The second-order valence-electron chi connectivity index (χ2n) is 5.22. The summed E-state index contributed by atoms with van der Waals surface area (Å²) in [5, 5.41) is 6.00. The first-order valence-electron chi connectivity index (χ1n) is 8.26. The summed E-state index contributed by atoms with van der Waals surface area (Å²) in [5.74, 6) is 0. The molecule has 23 heavy (non-hydrogen) atoms. The van der Waals surface area contributed by atoms with Crippen molar-refractivity contribution in [2.45, 2.75) is 27.7 Å². The molecule has 0 spiro atoms. The number of nitrogens with one attached hydrogen (secondary N) is 1. The first kappa shape index (κ1) is 16.8. The summed E-state index contributed by atoms with van der Waals surface area (Å²) < 4.78 is 0. The molecule has 3 aromatic rings. The molecule has 0 radical (unpaired) electrons. The molecule has 0 unspecified atom stereocenters. The van der Waals surface area contributed by atoms with Gasteiger partial charge in [-0.25, -0.2) is 0 Å². The average Bonchev–Trinajstić information content (AvgIpc) is 2.60. The van der Waals surface area contributed by atoms with E-state index in [1.54, 1.807) is 0 Å². The van der Waals surface area contributed by atoms with Crippen LogP contribution in [0.5, 0.6) is 0 Å². The Morgan fingerprint density at radius 3 is 2.26 bits per heavy atom. The molecule has 0 atom stereocenters. The second-order valence-corrected chi connectivity index (χ2v) is 5.22. The summed E-state index contributed by atoms with van der Waals surface area (Å²) >= 11 is 0. The van der Waals surface area contributed by atoms with Gasteiger partial charge in [0.1, 0.15) is 0 Å². The molecular formula is C22H25N. The molecule has 0 saturated carbocycles. The molecule has 0 saturated heterocycles. The van der Waals surface area contributed by atoms with Gasteiger partial charge >= 0.3 is 0 Å². The van der Waals surface area contributed by atoms with Gasteiger partial charge in [0, 0.05) is 11.4 Å². The fraction of sp³-hybridized carbons (Fsp3) is 0.182. The number of hydrogen-bond acceptors (Lipinski definition) is 1. The molecule has 0 aliphatic heterocycles. The Balaban J connectivity index is 0.000000924. The zero-order valence-electron chi connectivity index (χ0n) is 14.4. The maximum atomic E-state index is 3.44. The second kappa shape index (κ2) is 8.19. The van der Waals surface area contributed by atoms with Crippen molar-refractivity contribution in [3.8, 4) is 0 Å². The molecule has 0 aliphatic rings. The van der Waals surface area contributed by atoms with Gasteiger partial charge in [0.15, 0.2) is 0 Å². The largest absolute Gasteiger partial charge is 0.356 e. The van der Waals surface area contributed by atoms with Gasteiger partial charge in [0.05, 0.1) is 0 Å². The first-order valence-corrected chi connectivity index (χ1v) is 8.26. The fourth-order valence-electron chi connectivity index (χ4n) is 2.62. The van der Waals surface area contributed by atoms with Crippen molar-refractivity contribution in [2.75, 3.05) is 5.32 Å². The topological polar surface area (TPSA) is 12.0 Å². The van der Waals surface area contributed by atoms with E-state index in [1.165, 1.54) is 21.9 Å². The molecular weight excluding hydrogens is 278 g/mol. The predicted molar refractivity (Wildman–Crippen MR) is 104 cm³/mol. The van der Waals surface area contributed by atoms with Crippen LogP contribution in [0.1, 0.15) is 31.9 Å². The molecule has 3 aromatic carbocycles. The summed E-state index contributed by atoms with van der Waals surface area (Å²) in [5.41, 5.74) is 4.84. The quantitative estimate of drug-likeness (QED) is 0.552. The van der Waals surface area contributed by atoms with Crippen LogP contribution in [0.4, 0.5) is 11.4 Å². The highest BCUT2D eigenvalue weighted by Gasteiger charge is 2.03. The van der Waals surface area contributed by atoms with E-state index in [-0.39, 0.29) is 0 Å². The van der Waals surface area contributed by atoms with Crippen LogP contribution >= 0.6 is 0 Å². The van der Waals surface area contributed by atoms with Crippen LogP contribution in [0.25, 0.3) is 16.8 Å². The number of hydrogen-bond donors (Lipinski definition) is 1. The normalized spacial score (nSPS) is 10.4. The van der Waals surface area contributed by atoms with Crippen molar-refractivity contribution >= 4 is 28.2 Å². The molecule has 0 aliphatic carbocycles. The van der Waals surface area contributed by atoms with Crippen molar-refractivity contribution in [3.05, 3.63) is 77.9 Å². The summed E-state index contributed by atoms with van der Waals surface area (Å²) in [6.07, 6.45) is 4.28. The molecule has 1 nitrogen and oxygen atoms in total. The number of fused-ring (bicyclic) bond motifs is 1. The highest BCUT2D eigenvalue weighted by atomic mass is 14.9. The summed E-state index contributed by atoms with van der Waals surface area (Å²) in [7, 11) is 0. The van der Waals surface area contributed by atoms with Crippen LogP contribution in [0.15, 0.2) is 66.7 Å². The smallest absolute Gasteiger partial charge is 0.0390 e. The molecule has 118 valence electrons. The molecule has 3 rings (SSSR count). The number of benzene rings is 3. The average molecular weight is 303 g/mol. The van der Waals surface area contributed by atoms with E-state index in [2.05, 4.69) is 73.8 Å². The van der Waals surface area contributed by atoms with E-state index >= 15 is 0 Å². The van der Waals surface area contributed by atoms with E-state index in [0.29, 0.717) is 0 Å². The van der Waals surface area contributed by atoms with Gasteiger partial charge in [-0.3, -0.25) is 0 Å². The van der Waals surface area contributed by atoms with Crippen molar-refractivity contribution in [3.63, 3.8) is 0 Å². The molecule has 0 aromatic heterocycles.